The number of nitriles is 1. The zero-order valence-corrected chi connectivity index (χ0v) is 13.2. The van der Waals surface area contributed by atoms with E-state index in [2.05, 4.69) is 47.1 Å². The van der Waals surface area contributed by atoms with Gasteiger partial charge in [0.05, 0.1) is 5.56 Å². The van der Waals surface area contributed by atoms with Gasteiger partial charge >= 0.3 is 0 Å². The summed E-state index contributed by atoms with van der Waals surface area (Å²) in [5.74, 6) is 1.26. The van der Waals surface area contributed by atoms with Crippen molar-refractivity contribution in [3.63, 3.8) is 0 Å². The van der Waals surface area contributed by atoms with Crippen molar-refractivity contribution in [3.05, 3.63) is 23.9 Å². The molecule has 1 atom stereocenters. The first kappa shape index (κ1) is 15.7. The van der Waals surface area contributed by atoms with Crippen LogP contribution < -0.4 is 5.32 Å². The van der Waals surface area contributed by atoms with E-state index >= 15 is 0 Å². The molecule has 1 aromatic heterocycles. The fourth-order valence-electron chi connectivity index (χ4n) is 2.78. The minimum atomic E-state index is 0.465. The second-order valence-corrected chi connectivity index (χ2v) is 6.04. The smallest absolute Gasteiger partial charge is 0.143 e. The van der Waals surface area contributed by atoms with Crippen LogP contribution in [0.15, 0.2) is 18.3 Å². The van der Waals surface area contributed by atoms with Crippen LogP contribution in [0.1, 0.15) is 19.4 Å². The molecule has 5 heteroatoms. The first-order valence-corrected chi connectivity index (χ1v) is 7.63. The van der Waals surface area contributed by atoms with Crippen LogP contribution in [-0.4, -0.2) is 60.6 Å². The zero-order chi connectivity index (χ0) is 15.2. The molecule has 114 valence electrons. The SMILES string of the molecule is CC(C)C(CNc1ncccc1C#N)N1CCN(C)CC1. The van der Waals surface area contributed by atoms with Crippen LogP contribution in [0.2, 0.25) is 0 Å². The number of pyridine rings is 1. The number of anilines is 1. The van der Waals surface area contributed by atoms with Crippen molar-refractivity contribution in [1.82, 2.24) is 14.8 Å². The van der Waals surface area contributed by atoms with Gasteiger partial charge in [0, 0.05) is 45.0 Å². The summed E-state index contributed by atoms with van der Waals surface area (Å²) in [6, 6.07) is 6.25. The standard InChI is InChI=1S/C16H25N5/c1-13(2)15(21-9-7-20(3)8-10-21)12-19-16-14(11-17)5-4-6-18-16/h4-6,13,15H,7-10,12H2,1-3H3,(H,18,19). The van der Waals surface area contributed by atoms with Crippen LogP contribution in [0.5, 0.6) is 0 Å². The van der Waals surface area contributed by atoms with E-state index in [1.807, 2.05) is 0 Å². The fraction of sp³-hybridized carbons (Fsp3) is 0.625. The third-order valence-electron chi connectivity index (χ3n) is 4.18. The number of nitrogens with zero attached hydrogens (tertiary/aromatic N) is 4. The molecule has 0 aromatic carbocycles. The minimum Gasteiger partial charge on any atom is -0.367 e. The van der Waals surface area contributed by atoms with E-state index in [9.17, 15) is 0 Å². The molecule has 0 saturated carbocycles. The topological polar surface area (TPSA) is 55.2 Å². The summed E-state index contributed by atoms with van der Waals surface area (Å²) in [7, 11) is 2.17. The summed E-state index contributed by atoms with van der Waals surface area (Å²) >= 11 is 0. The van der Waals surface area contributed by atoms with Crippen molar-refractivity contribution < 1.29 is 0 Å². The first-order chi connectivity index (χ1) is 10.1. The van der Waals surface area contributed by atoms with E-state index in [1.54, 1.807) is 18.3 Å². The Morgan fingerprint density at radius 1 is 1.33 bits per heavy atom. The van der Waals surface area contributed by atoms with Gasteiger partial charge < -0.3 is 10.2 Å². The normalized spacial score (nSPS) is 18.4. The summed E-state index contributed by atoms with van der Waals surface area (Å²) in [5.41, 5.74) is 0.610. The summed E-state index contributed by atoms with van der Waals surface area (Å²) in [6.45, 7) is 9.80. The quantitative estimate of drug-likeness (QED) is 0.892. The number of hydrogen-bond acceptors (Lipinski definition) is 5. The molecule has 1 unspecified atom stereocenters. The molecule has 1 saturated heterocycles. The Labute approximate surface area is 127 Å². The van der Waals surface area contributed by atoms with Gasteiger partial charge in [0.1, 0.15) is 11.9 Å². The number of hydrogen-bond donors (Lipinski definition) is 1. The van der Waals surface area contributed by atoms with Crippen LogP contribution in [0.3, 0.4) is 0 Å². The second kappa shape index (κ2) is 7.39. The van der Waals surface area contributed by atoms with Gasteiger partial charge in [-0.15, -0.1) is 0 Å². The predicted molar refractivity (Wildman–Crippen MR) is 85.1 cm³/mol. The lowest BCUT2D eigenvalue weighted by Crippen LogP contribution is -2.52. The third kappa shape index (κ3) is 4.16. The van der Waals surface area contributed by atoms with Gasteiger partial charge in [0.2, 0.25) is 0 Å². The number of aromatic nitrogens is 1. The van der Waals surface area contributed by atoms with Gasteiger partial charge in [0.15, 0.2) is 0 Å². The molecule has 1 aliphatic heterocycles. The lowest BCUT2D eigenvalue weighted by Gasteiger charge is -2.40. The predicted octanol–water partition coefficient (Wildman–Crippen LogP) is 1.64. The van der Waals surface area contributed by atoms with Crippen molar-refractivity contribution in [2.75, 3.05) is 45.1 Å². The summed E-state index contributed by atoms with van der Waals surface area (Å²) in [5, 5.41) is 12.5. The number of nitrogens with one attached hydrogen (secondary N) is 1. The average molecular weight is 287 g/mol. The molecule has 0 spiro atoms. The summed E-state index contributed by atoms with van der Waals surface area (Å²) in [4.78, 5) is 9.19. The van der Waals surface area contributed by atoms with Crippen molar-refractivity contribution >= 4 is 5.82 Å². The summed E-state index contributed by atoms with van der Waals surface area (Å²) in [6.07, 6.45) is 1.73. The fourth-order valence-corrected chi connectivity index (χ4v) is 2.78. The molecule has 1 aliphatic rings. The maximum Gasteiger partial charge on any atom is 0.143 e. The van der Waals surface area contributed by atoms with Gasteiger partial charge in [-0.3, -0.25) is 4.90 Å². The van der Waals surface area contributed by atoms with Crippen LogP contribution >= 0.6 is 0 Å². The van der Waals surface area contributed by atoms with Crippen molar-refractivity contribution in [2.45, 2.75) is 19.9 Å². The van der Waals surface area contributed by atoms with Crippen molar-refractivity contribution in [2.24, 2.45) is 5.92 Å². The lowest BCUT2D eigenvalue weighted by atomic mass is 10.0. The molecule has 1 aromatic rings. The maximum absolute atomic E-state index is 9.12. The van der Waals surface area contributed by atoms with Gasteiger partial charge in [-0.25, -0.2) is 4.98 Å². The molecule has 0 bridgehead atoms. The molecular formula is C16H25N5. The van der Waals surface area contributed by atoms with E-state index in [-0.39, 0.29) is 0 Å². The van der Waals surface area contributed by atoms with Crippen molar-refractivity contribution in [3.8, 4) is 6.07 Å². The molecule has 0 amide bonds. The highest BCUT2D eigenvalue weighted by atomic mass is 15.3. The Morgan fingerprint density at radius 2 is 2.05 bits per heavy atom. The van der Waals surface area contributed by atoms with Gasteiger partial charge in [-0.05, 0) is 25.1 Å². The van der Waals surface area contributed by atoms with E-state index < -0.39 is 0 Å². The molecule has 1 fully saturated rings. The molecule has 2 heterocycles. The van der Waals surface area contributed by atoms with E-state index in [1.165, 1.54) is 0 Å². The highest BCUT2D eigenvalue weighted by Gasteiger charge is 2.25. The lowest BCUT2D eigenvalue weighted by molar-refractivity contribution is 0.0944. The minimum absolute atomic E-state index is 0.465. The largest absolute Gasteiger partial charge is 0.367 e. The summed E-state index contributed by atoms with van der Waals surface area (Å²) < 4.78 is 0. The Bertz CT molecular complexity index is 486. The maximum atomic E-state index is 9.12. The number of piperazine rings is 1. The van der Waals surface area contributed by atoms with Crippen LogP contribution in [0, 0.1) is 17.2 Å². The Balaban J connectivity index is 1.99. The molecule has 2 rings (SSSR count). The third-order valence-corrected chi connectivity index (χ3v) is 4.18. The Kier molecular flexibility index (Phi) is 5.54. The molecular weight excluding hydrogens is 262 g/mol. The van der Waals surface area contributed by atoms with Gasteiger partial charge in [-0.2, -0.15) is 5.26 Å². The number of likely N-dealkylation sites (N-methyl/N-ethyl adjacent to an activating group) is 1. The molecule has 5 nitrogen and oxygen atoms in total. The van der Waals surface area contributed by atoms with Crippen LogP contribution in [0.25, 0.3) is 0 Å². The Morgan fingerprint density at radius 3 is 2.67 bits per heavy atom. The van der Waals surface area contributed by atoms with E-state index in [0.717, 1.165) is 32.7 Å². The van der Waals surface area contributed by atoms with Crippen molar-refractivity contribution in [1.29, 1.82) is 5.26 Å². The molecule has 21 heavy (non-hydrogen) atoms. The highest BCUT2D eigenvalue weighted by Crippen LogP contribution is 2.16. The second-order valence-electron chi connectivity index (χ2n) is 6.04. The number of rotatable bonds is 5. The highest BCUT2D eigenvalue weighted by molar-refractivity contribution is 5.51. The van der Waals surface area contributed by atoms with E-state index in [0.29, 0.717) is 23.3 Å². The van der Waals surface area contributed by atoms with Crippen LogP contribution in [0.4, 0.5) is 5.82 Å². The Hall–Kier alpha value is -1.64. The van der Waals surface area contributed by atoms with Crippen LogP contribution in [-0.2, 0) is 0 Å². The van der Waals surface area contributed by atoms with Gasteiger partial charge in [0.25, 0.3) is 0 Å². The molecule has 1 N–H and O–H groups in total. The molecule has 0 radical (unpaired) electrons. The zero-order valence-electron chi connectivity index (χ0n) is 13.2. The van der Waals surface area contributed by atoms with E-state index in [4.69, 9.17) is 5.26 Å². The monoisotopic (exact) mass is 287 g/mol. The van der Waals surface area contributed by atoms with Gasteiger partial charge in [-0.1, -0.05) is 13.8 Å². The molecule has 0 aliphatic carbocycles. The first-order valence-electron chi connectivity index (χ1n) is 7.63. The average Bonchev–Trinajstić information content (AvgIpc) is 2.49.